The molecule has 0 saturated heterocycles. The molecule has 108 valence electrons. The zero-order valence-electron chi connectivity index (χ0n) is 12.0. The monoisotopic (exact) mass is 284 g/mol. The summed E-state index contributed by atoms with van der Waals surface area (Å²) in [4.78, 5) is 0. The topological polar surface area (TPSA) is 63.4 Å². The van der Waals surface area contributed by atoms with Crippen molar-refractivity contribution in [2.24, 2.45) is 11.7 Å². The summed E-state index contributed by atoms with van der Waals surface area (Å²) in [6, 6.07) is 7.42. The Morgan fingerprint density at radius 1 is 1.21 bits per heavy atom. The maximum atomic E-state index is 12.3. The van der Waals surface area contributed by atoms with Crippen LogP contribution in [0.1, 0.15) is 31.4 Å². The lowest BCUT2D eigenvalue weighted by atomic mass is 10.1. The molecule has 0 saturated carbocycles. The van der Waals surface area contributed by atoms with E-state index in [1.807, 2.05) is 24.3 Å². The van der Waals surface area contributed by atoms with Gasteiger partial charge >= 0.3 is 0 Å². The van der Waals surface area contributed by atoms with Crippen molar-refractivity contribution in [1.29, 1.82) is 0 Å². The Kier molecular flexibility index (Phi) is 5.97. The van der Waals surface area contributed by atoms with Crippen LogP contribution < -0.4 is 5.73 Å². The van der Waals surface area contributed by atoms with Crippen LogP contribution >= 0.6 is 0 Å². The standard InChI is InChI=1S/C14H24N2O2S/c1-12(2)8-9-16(3)19(17,18)11-14-7-5-4-6-13(14)10-15/h4-7,12H,8-11,15H2,1-3H3. The third-order valence-electron chi connectivity index (χ3n) is 3.17. The van der Waals surface area contributed by atoms with E-state index in [4.69, 9.17) is 5.73 Å². The van der Waals surface area contributed by atoms with E-state index in [0.717, 1.165) is 17.5 Å². The maximum Gasteiger partial charge on any atom is 0.218 e. The summed E-state index contributed by atoms with van der Waals surface area (Å²) in [5.74, 6) is 0.517. The van der Waals surface area contributed by atoms with Crippen molar-refractivity contribution >= 4 is 10.0 Å². The number of nitrogens with zero attached hydrogens (tertiary/aromatic N) is 1. The van der Waals surface area contributed by atoms with Crippen molar-refractivity contribution in [3.05, 3.63) is 35.4 Å². The zero-order chi connectivity index (χ0) is 14.5. The van der Waals surface area contributed by atoms with Gasteiger partial charge in [0.05, 0.1) is 5.75 Å². The molecule has 19 heavy (non-hydrogen) atoms. The van der Waals surface area contributed by atoms with Crippen LogP contribution in [0.5, 0.6) is 0 Å². The fraction of sp³-hybridized carbons (Fsp3) is 0.571. The summed E-state index contributed by atoms with van der Waals surface area (Å²) in [5.41, 5.74) is 7.32. The molecule has 0 aromatic heterocycles. The third-order valence-corrected chi connectivity index (χ3v) is 4.98. The van der Waals surface area contributed by atoms with Crippen LogP contribution in [0.3, 0.4) is 0 Å². The van der Waals surface area contributed by atoms with Crippen molar-refractivity contribution < 1.29 is 8.42 Å². The average Bonchev–Trinajstić information content (AvgIpc) is 2.36. The second kappa shape index (κ2) is 7.03. The largest absolute Gasteiger partial charge is 0.326 e. The Bertz CT molecular complexity index is 498. The lowest BCUT2D eigenvalue weighted by Crippen LogP contribution is -2.30. The number of hydrogen-bond acceptors (Lipinski definition) is 3. The van der Waals surface area contributed by atoms with Gasteiger partial charge in [0.2, 0.25) is 10.0 Å². The van der Waals surface area contributed by atoms with Crippen molar-refractivity contribution in [3.63, 3.8) is 0 Å². The molecule has 0 fully saturated rings. The van der Waals surface area contributed by atoms with Crippen LogP contribution in [0.25, 0.3) is 0 Å². The summed E-state index contributed by atoms with van der Waals surface area (Å²) in [6.07, 6.45) is 0.869. The highest BCUT2D eigenvalue weighted by atomic mass is 32.2. The molecule has 0 amide bonds. The molecule has 0 unspecified atom stereocenters. The summed E-state index contributed by atoms with van der Waals surface area (Å²) >= 11 is 0. The molecule has 0 bridgehead atoms. The van der Waals surface area contributed by atoms with Crippen LogP contribution in [0, 0.1) is 5.92 Å². The highest BCUT2D eigenvalue weighted by Gasteiger charge is 2.19. The number of rotatable bonds is 7. The quantitative estimate of drug-likeness (QED) is 0.832. The van der Waals surface area contributed by atoms with Gasteiger partial charge in [-0.05, 0) is 23.5 Å². The molecule has 0 heterocycles. The second-order valence-corrected chi connectivity index (χ2v) is 7.31. The number of hydrogen-bond donors (Lipinski definition) is 1. The molecule has 1 aromatic rings. The minimum absolute atomic E-state index is 0.0228. The Labute approximate surface area is 116 Å². The molecule has 4 nitrogen and oxygen atoms in total. The van der Waals surface area contributed by atoms with Gasteiger partial charge in [-0.2, -0.15) is 0 Å². The van der Waals surface area contributed by atoms with Crippen molar-refractivity contribution in [3.8, 4) is 0 Å². The first-order chi connectivity index (χ1) is 8.86. The lowest BCUT2D eigenvalue weighted by molar-refractivity contribution is 0.427. The summed E-state index contributed by atoms with van der Waals surface area (Å²) in [6.45, 7) is 5.10. The second-order valence-electron chi connectivity index (χ2n) is 5.23. The van der Waals surface area contributed by atoms with E-state index < -0.39 is 10.0 Å². The van der Waals surface area contributed by atoms with Crippen LogP contribution in [0.2, 0.25) is 0 Å². The number of nitrogens with two attached hydrogens (primary N) is 1. The van der Waals surface area contributed by atoms with Gasteiger partial charge in [0, 0.05) is 20.1 Å². The average molecular weight is 284 g/mol. The normalized spacial score (nSPS) is 12.3. The minimum Gasteiger partial charge on any atom is -0.326 e. The van der Waals surface area contributed by atoms with E-state index >= 15 is 0 Å². The Morgan fingerprint density at radius 2 is 1.79 bits per heavy atom. The van der Waals surface area contributed by atoms with Crippen molar-refractivity contribution in [2.75, 3.05) is 13.6 Å². The fourth-order valence-electron chi connectivity index (χ4n) is 1.78. The highest BCUT2D eigenvalue weighted by molar-refractivity contribution is 7.88. The van der Waals surface area contributed by atoms with Gasteiger partial charge in [0.25, 0.3) is 0 Å². The molecule has 5 heteroatoms. The van der Waals surface area contributed by atoms with Gasteiger partial charge in [0.15, 0.2) is 0 Å². The van der Waals surface area contributed by atoms with Gasteiger partial charge in [-0.15, -0.1) is 0 Å². The van der Waals surface area contributed by atoms with Crippen LogP contribution in [0.15, 0.2) is 24.3 Å². The molecular weight excluding hydrogens is 260 g/mol. The van der Waals surface area contributed by atoms with E-state index in [1.165, 1.54) is 4.31 Å². The molecule has 0 atom stereocenters. The Balaban J connectivity index is 2.78. The zero-order valence-corrected chi connectivity index (χ0v) is 12.8. The third kappa shape index (κ3) is 4.93. The summed E-state index contributed by atoms with van der Waals surface area (Å²) in [7, 11) is -1.62. The molecule has 0 aliphatic heterocycles. The predicted molar refractivity (Wildman–Crippen MR) is 79.0 cm³/mol. The first kappa shape index (κ1) is 16.1. The lowest BCUT2D eigenvalue weighted by Gasteiger charge is -2.19. The van der Waals surface area contributed by atoms with Gasteiger partial charge in [-0.25, -0.2) is 12.7 Å². The van der Waals surface area contributed by atoms with E-state index in [2.05, 4.69) is 13.8 Å². The van der Waals surface area contributed by atoms with Gasteiger partial charge in [-0.1, -0.05) is 38.1 Å². The first-order valence-corrected chi connectivity index (χ1v) is 8.18. The molecule has 0 aliphatic rings. The van der Waals surface area contributed by atoms with E-state index in [-0.39, 0.29) is 5.75 Å². The van der Waals surface area contributed by atoms with Gasteiger partial charge < -0.3 is 5.73 Å². The molecule has 0 aliphatic carbocycles. The molecule has 1 aromatic carbocycles. The van der Waals surface area contributed by atoms with Gasteiger partial charge in [-0.3, -0.25) is 0 Å². The number of sulfonamides is 1. The Hall–Kier alpha value is -0.910. The first-order valence-electron chi connectivity index (χ1n) is 6.57. The van der Waals surface area contributed by atoms with E-state index in [1.54, 1.807) is 7.05 Å². The smallest absolute Gasteiger partial charge is 0.218 e. The molecule has 0 radical (unpaired) electrons. The van der Waals surface area contributed by atoms with Crippen molar-refractivity contribution in [1.82, 2.24) is 4.31 Å². The SMILES string of the molecule is CC(C)CCN(C)S(=O)(=O)Cc1ccccc1CN. The highest BCUT2D eigenvalue weighted by Crippen LogP contribution is 2.15. The summed E-state index contributed by atoms with van der Waals surface area (Å²) < 4.78 is 26.0. The van der Waals surface area contributed by atoms with Crippen LogP contribution in [0.4, 0.5) is 0 Å². The predicted octanol–water partition coefficient (Wildman–Crippen LogP) is 1.95. The van der Waals surface area contributed by atoms with Crippen molar-refractivity contribution in [2.45, 2.75) is 32.6 Å². The molecular formula is C14H24N2O2S. The summed E-state index contributed by atoms with van der Waals surface area (Å²) in [5, 5.41) is 0. The fourth-order valence-corrected chi connectivity index (χ4v) is 3.06. The minimum atomic E-state index is -3.26. The number of benzene rings is 1. The van der Waals surface area contributed by atoms with Crippen LogP contribution in [-0.4, -0.2) is 26.3 Å². The maximum absolute atomic E-state index is 12.3. The van der Waals surface area contributed by atoms with E-state index in [9.17, 15) is 8.42 Å². The molecule has 1 rings (SSSR count). The Morgan fingerprint density at radius 3 is 2.32 bits per heavy atom. The van der Waals surface area contributed by atoms with Crippen LogP contribution in [-0.2, 0) is 22.3 Å². The van der Waals surface area contributed by atoms with Gasteiger partial charge in [0.1, 0.15) is 0 Å². The molecule has 0 spiro atoms. The molecule has 2 N–H and O–H groups in total. The van der Waals surface area contributed by atoms with E-state index in [0.29, 0.717) is 19.0 Å².